The summed E-state index contributed by atoms with van der Waals surface area (Å²) in [5.74, 6) is -3.61. The van der Waals surface area contributed by atoms with Gasteiger partial charge in [-0.1, -0.05) is 29.3 Å². The van der Waals surface area contributed by atoms with Gasteiger partial charge in [0.15, 0.2) is 0 Å². The molecule has 1 aromatic heterocycles. The van der Waals surface area contributed by atoms with Crippen LogP contribution in [-0.2, 0) is 6.18 Å². The Morgan fingerprint density at radius 2 is 1.57 bits per heavy atom. The molecule has 0 aliphatic rings. The van der Waals surface area contributed by atoms with E-state index in [0.717, 1.165) is 18.2 Å². The molecule has 0 spiro atoms. The van der Waals surface area contributed by atoms with Gasteiger partial charge in [0.1, 0.15) is 17.2 Å². The molecule has 1 heterocycles. The normalized spacial score (nSPS) is 12.6. The van der Waals surface area contributed by atoms with Crippen LogP contribution in [0.5, 0.6) is 0 Å². The van der Waals surface area contributed by atoms with Crippen molar-refractivity contribution in [2.45, 2.75) is 12.4 Å². The van der Waals surface area contributed by atoms with Gasteiger partial charge in [-0.2, -0.15) is 31.4 Å². The molecule has 3 rings (SSSR count). The lowest BCUT2D eigenvalue weighted by Gasteiger charge is -2.13. The van der Waals surface area contributed by atoms with E-state index in [9.17, 15) is 35.5 Å². The van der Waals surface area contributed by atoms with E-state index in [4.69, 9.17) is 23.2 Å². The Hall–Kier alpha value is -2.33. The topological polar surface area (TPSA) is 34.9 Å². The number of halogens is 9. The molecule has 3 aromatic rings. The minimum Gasteiger partial charge on any atom is -0.282 e. The number of aromatic nitrogens is 2. The molecular formula is C16H5Cl2F7N2O. The number of ketones is 1. The van der Waals surface area contributed by atoms with Gasteiger partial charge in [-0.25, -0.2) is 9.07 Å². The summed E-state index contributed by atoms with van der Waals surface area (Å²) in [5, 5.41) is 1.47. The van der Waals surface area contributed by atoms with Crippen LogP contribution in [0.3, 0.4) is 0 Å². The number of Topliss-reactive ketones (excluding diaryl/α,β-unsaturated/α-hetero) is 1. The molecule has 0 N–H and O–H groups in total. The van der Waals surface area contributed by atoms with Crippen LogP contribution in [0, 0.1) is 5.82 Å². The highest BCUT2D eigenvalue weighted by molar-refractivity contribution is 6.38. The van der Waals surface area contributed by atoms with Gasteiger partial charge in [0, 0.05) is 0 Å². The maximum Gasteiger partial charge on any atom is 0.456 e. The van der Waals surface area contributed by atoms with Gasteiger partial charge in [-0.3, -0.25) is 4.79 Å². The Morgan fingerprint density at radius 3 is 2.07 bits per heavy atom. The largest absolute Gasteiger partial charge is 0.456 e. The fraction of sp³-hybridized carbons (Fsp3) is 0.125. The summed E-state index contributed by atoms with van der Waals surface area (Å²) in [6, 6.07) is 4.01. The summed E-state index contributed by atoms with van der Waals surface area (Å²) in [6.45, 7) is 0. The molecule has 2 aromatic carbocycles. The second kappa shape index (κ2) is 6.63. The van der Waals surface area contributed by atoms with Crippen molar-refractivity contribution in [1.82, 2.24) is 9.78 Å². The number of hydrogen-bond donors (Lipinski definition) is 0. The quantitative estimate of drug-likeness (QED) is 0.346. The molecule has 3 nitrogen and oxygen atoms in total. The van der Waals surface area contributed by atoms with Crippen molar-refractivity contribution in [3.8, 4) is 5.69 Å². The molecule has 0 fully saturated rings. The fourth-order valence-corrected chi connectivity index (χ4v) is 3.17. The van der Waals surface area contributed by atoms with Crippen molar-refractivity contribution < 1.29 is 35.5 Å². The number of carbonyl (C=O) groups is 1. The van der Waals surface area contributed by atoms with Gasteiger partial charge in [-0.15, -0.1) is 0 Å². The number of nitrogens with zero attached hydrogens (tertiary/aromatic N) is 2. The van der Waals surface area contributed by atoms with Gasteiger partial charge in [0.2, 0.25) is 0 Å². The van der Waals surface area contributed by atoms with Crippen LogP contribution in [0.1, 0.15) is 16.1 Å². The lowest BCUT2D eigenvalue weighted by Crippen LogP contribution is -2.23. The van der Waals surface area contributed by atoms with Crippen LogP contribution < -0.4 is 0 Å². The Bertz CT molecular complexity index is 1080. The third kappa shape index (κ3) is 3.42. The zero-order valence-corrected chi connectivity index (χ0v) is 14.6. The van der Waals surface area contributed by atoms with E-state index >= 15 is 0 Å². The lowest BCUT2D eigenvalue weighted by molar-refractivity contribution is -0.137. The van der Waals surface area contributed by atoms with E-state index < -0.39 is 56.3 Å². The number of hydrogen-bond acceptors (Lipinski definition) is 2. The van der Waals surface area contributed by atoms with E-state index in [1.54, 1.807) is 0 Å². The molecule has 12 heteroatoms. The molecule has 0 aliphatic carbocycles. The molecular weight excluding hydrogens is 440 g/mol. The summed E-state index contributed by atoms with van der Waals surface area (Å²) < 4.78 is 91.9. The molecule has 0 aliphatic heterocycles. The van der Waals surface area contributed by atoms with Crippen LogP contribution in [-0.4, -0.2) is 21.7 Å². The molecule has 0 atom stereocenters. The molecule has 0 amide bonds. The van der Waals surface area contributed by atoms with Crippen molar-refractivity contribution >= 4 is 39.9 Å². The minimum absolute atomic E-state index is 0.337. The lowest BCUT2D eigenvalue weighted by atomic mass is 10.1. The third-order valence-electron chi connectivity index (χ3n) is 3.69. The van der Waals surface area contributed by atoms with Crippen LogP contribution in [0.2, 0.25) is 10.0 Å². The number of alkyl halides is 6. The maximum atomic E-state index is 14.2. The predicted octanol–water partition coefficient (Wildman–Crippen LogP) is 6.24. The van der Waals surface area contributed by atoms with Gasteiger partial charge in [0.25, 0.3) is 5.78 Å². The van der Waals surface area contributed by atoms with Crippen molar-refractivity contribution in [2.24, 2.45) is 0 Å². The van der Waals surface area contributed by atoms with Crippen LogP contribution in [0.25, 0.3) is 16.6 Å². The van der Waals surface area contributed by atoms with Crippen molar-refractivity contribution in [1.29, 1.82) is 0 Å². The molecule has 28 heavy (non-hydrogen) atoms. The molecule has 0 unspecified atom stereocenters. The fourth-order valence-electron chi connectivity index (χ4n) is 2.52. The van der Waals surface area contributed by atoms with E-state index in [1.165, 1.54) is 0 Å². The highest BCUT2D eigenvalue weighted by Crippen LogP contribution is 2.39. The SMILES string of the molecule is O=C(c1nn(-c2c(Cl)cc(C(F)(F)F)cc2Cl)c2cccc(F)c12)C(F)(F)F. The van der Waals surface area contributed by atoms with Crippen molar-refractivity contribution in [2.75, 3.05) is 0 Å². The second-order valence-electron chi connectivity index (χ2n) is 5.51. The Kier molecular flexibility index (Phi) is 4.83. The summed E-state index contributed by atoms with van der Waals surface area (Å²) in [4.78, 5) is 11.7. The molecule has 0 saturated carbocycles. The van der Waals surface area contributed by atoms with Gasteiger partial charge in [-0.05, 0) is 24.3 Å². The van der Waals surface area contributed by atoms with Gasteiger partial charge >= 0.3 is 12.4 Å². The summed E-state index contributed by atoms with van der Waals surface area (Å²) in [6.07, 6.45) is -10.1. The number of fused-ring (bicyclic) bond motifs is 1. The molecule has 0 radical (unpaired) electrons. The summed E-state index contributed by atoms with van der Waals surface area (Å²) >= 11 is 11.7. The first kappa shape index (κ1) is 20.4. The zero-order chi connectivity index (χ0) is 21.0. The van der Waals surface area contributed by atoms with Crippen LogP contribution >= 0.6 is 23.2 Å². The molecule has 0 saturated heterocycles. The van der Waals surface area contributed by atoms with E-state index in [1.807, 2.05) is 0 Å². The Balaban J connectivity index is 2.35. The maximum absolute atomic E-state index is 14.2. The number of carbonyl (C=O) groups excluding carboxylic acids is 1. The van der Waals surface area contributed by atoms with E-state index in [0.29, 0.717) is 16.8 Å². The van der Waals surface area contributed by atoms with Gasteiger partial charge < -0.3 is 0 Å². The van der Waals surface area contributed by atoms with Gasteiger partial charge in [0.05, 0.1) is 26.5 Å². The Morgan fingerprint density at radius 1 is 1.00 bits per heavy atom. The molecule has 0 bridgehead atoms. The number of benzene rings is 2. The first-order chi connectivity index (χ1) is 12.8. The smallest absolute Gasteiger partial charge is 0.282 e. The minimum atomic E-state index is -5.36. The first-order valence-corrected chi connectivity index (χ1v) is 7.93. The van der Waals surface area contributed by atoms with Crippen molar-refractivity contribution in [3.05, 3.63) is 57.5 Å². The average molecular weight is 445 g/mol. The van der Waals surface area contributed by atoms with Crippen LogP contribution in [0.15, 0.2) is 30.3 Å². The predicted molar refractivity (Wildman–Crippen MR) is 86.4 cm³/mol. The second-order valence-corrected chi connectivity index (χ2v) is 6.32. The third-order valence-corrected chi connectivity index (χ3v) is 4.26. The average Bonchev–Trinajstić information content (AvgIpc) is 2.92. The highest BCUT2D eigenvalue weighted by Gasteiger charge is 2.43. The summed E-state index contributed by atoms with van der Waals surface area (Å²) in [7, 11) is 0. The number of rotatable bonds is 2. The highest BCUT2D eigenvalue weighted by atomic mass is 35.5. The molecule has 148 valence electrons. The Labute approximate surface area is 161 Å². The zero-order valence-electron chi connectivity index (χ0n) is 13.1. The monoisotopic (exact) mass is 444 g/mol. The first-order valence-electron chi connectivity index (χ1n) is 7.17. The van der Waals surface area contributed by atoms with E-state index in [2.05, 4.69) is 5.10 Å². The van der Waals surface area contributed by atoms with Crippen molar-refractivity contribution in [3.63, 3.8) is 0 Å². The summed E-state index contributed by atoms with van der Waals surface area (Å²) in [5.41, 5.74) is -3.25. The standard InChI is InChI=1S/C16H5Cl2F7N2O/c17-7-4-6(15(20,21)22)5-8(18)13(7)27-10-3-1-2-9(19)11(10)12(26-27)14(28)16(23,24)25/h1-5H. The van der Waals surface area contributed by atoms with E-state index in [-0.39, 0.29) is 5.52 Å². The van der Waals surface area contributed by atoms with Crippen LogP contribution in [0.4, 0.5) is 30.7 Å².